The molecule has 0 spiro atoms. The molecule has 1 heterocycles. The van der Waals surface area contributed by atoms with Gasteiger partial charge >= 0.3 is 0 Å². The molecule has 3 rings (SSSR count). The summed E-state index contributed by atoms with van der Waals surface area (Å²) >= 11 is 0. The maximum Gasteiger partial charge on any atom is 0.243 e. The van der Waals surface area contributed by atoms with E-state index in [0.717, 1.165) is 19.3 Å². The van der Waals surface area contributed by atoms with Crippen molar-refractivity contribution in [2.75, 3.05) is 11.9 Å². The number of nitrogens with zero attached hydrogens (tertiary/aromatic N) is 1. The van der Waals surface area contributed by atoms with E-state index in [-0.39, 0.29) is 22.8 Å². The Hall–Kier alpha value is -1.40. The normalized spacial score (nSPS) is 29.4. The maximum absolute atomic E-state index is 13.1. The predicted octanol–water partition coefficient (Wildman–Crippen LogP) is 3.23. The Morgan fingerprint density at radius 1 is 1.17 bits per heavy atom. The van der Waals surface area contributed by atoms with Crippen LogP contribution in [0.1, 0.15) is 47.0 Å². The van der Waals surface area contributed by atoms with E-state index in [1.807, 2.05) is 0 Å². The minimum atomic E-state index is -3.51. The average Bonchev–Trinajstić information content (AvgIpc) is 2.68. The third-order valence-corrected chi connectivity index (χ3v) is 7.06. The van der Waals surface area contributed by atoms with Crippen molar-refractivity contribution < 1.29 is 13.2 Å². The van der Waals surface area contributed by atoms with Gasteiger partial charge in [-0.2, -0.15) is 4.31 Å². The molecular formula is C18H26N2O3S. The fraction of sp³-hybridized carbons (Fsp3) is 0.611. The van der Waals surface area contributed by atoms with Gasteiger partial charge in [0, 0.05) is 25.2 Å². The summed E-state index contributed by atoms with van der Waals surface area (Å²) < 4.78 is 27.9. The molecule has 24 heavy (non-hydrogen) atoms. The molecule has 1 aliphatic carbocycles. The second-order valence-corrected chi connectivity index (χ2v) is 10.4. The summed E-state index contributed by atoms with van der Waals surface area (Å²) in [4.78, 5) is 11.4. The molecule has 1 saturated heterocycles. The lowest BCUT2D eigenvalue weighted by molar-refractivity contribution is -0.114. The summed E-state index contributed by atoms with van der Waals surface area (Å²) in [6.45, 7) is 8.69. The van der Waals surface area contributed by atoms with E-state index in [1.54, 1.807) is 28.6 Å². The van der Waals surface area contributed by atoms with Crippen molar-refractivity contribution >= 4 is 21.6 Å². The number of rotatable bonds is 3. The lowest BCUT2D eigenvalue weighted by atomic mass is 9.65. The number of hydrogen-bond acceptors (Lipinski definition) is 3. The molecule has 5 nitrogen and oxygen atoms in total. The summed E-state index contributed by atoms with van der Waals surface area (Å²) in [6.07, 6.45) is 2.91. The Bertz CT molecular complexity index is 755. The number of sulfonamides is 1. The molecule has 2 fully saturated rings. The van der Waals surface area contributed by atoms with Crippen molar-refractivity contribution in [3.05, 3.63) is 24.3 Å². The highest BCUT2D eigenvalue weighted by Crippen LogP contribution is 2.53. The van der Waals surface area contributed by atoms with E-state index in [0.29, 0.717) is 17.1 Å². The number of carbonyl (C=O) groups excluding carboxylic acids is 1. The van der Waals surface area contributed by atoms with Crippen molar-refractivity contribution in [2.24, 2.45) is 10.8 Å². The molecule has 1 N–H and O–H groups in total. The SMILES string of the molecule is CC(=O)Nc1ccc(S(=O)(=O)N2C[C@]3(C)C[C@@H]2CC(C)(C)C3)cc1. The Balaban J connectivity index is 1.87. The van der Waals surface area contributed by atoms with Gasteiger partial charge in [0.1, 0.15) is 0 Å². The van der Waals surface area contributed by atoms with Crippen molar-refractivity contribution in [3.8, 4) is 0 Å². The Morgan fingerprint density at radius 2 is 1.79 bits per heavy atom. The van der Waals surface area contributed by atoms with Crippen LogP contribution in [0.3, 0.4) is 0 Å². The van der Waals surface area contributed by atoms with Gasteiger partial charge in [-0.05, 0) is 54.4 Å². The molecule has 1 amide bonds. The third-order valence-electron chi connectivity index (χ3n) is 5.15. The lowest BCUT2D eigenvalue weighted by Gasteiger charge is -2.39. The minimum absolute atomic E-state index is 0.0651. The predicted molar refractivity (Wildman–Crippen MR) is 94.2 cm³/mol. The Morgan fingerprint density at radius 3 is 2.38 bits per heavy atom. The highest BCUT2D eigenvalue weighted by atomic mass is 32.2. The van der Waals surface area contributed by atoms with E-state index in [2.05, 4.69) is 26.1 Å². The maximum atomic E-state index is 13.1. The summed E-state index contributed by atoms with van der Waals surface area (Å²) in [7, 11) is -3.51. The first-order chi connectivity index (χ1) is 11.0. The van der Waals surface area contributed by atoms with E-state index in [4.69, 9.17) is 0 Å². The molecule has 2 atom stereocenters. The number of amides is 1. The van der Waals surface area contributed by atoms with E-state index < -0.39 is 10.0 Å². The molecule has 1 aromatic rings. The fourth-order valence-electron chi connectivity index (χ4n) is 4.74. The van der Waals surface area contributed by atoms with Crippen LogP contribution in [-0.2, 0) is 14.8 Å². The highest BCUT2D eigenvalue weighted by molar-refractivity contribution is 7.89. The zero-order valence-electron chi connectivity index (χ0n) is 14.8. The number of nitrogens with one attached hydrogen (secondary N) is 1. The highest BCUT2D eigenvalue weighted by Gasteiger charge is 2.53. The Kier molecular flexibility index (Phi) is 4.04. The Labute approximate surface area is 144 Å². The topological polar surface area (TPSA) is 66.5 Å². The summed E-state index contributed by atoms with van der Waals surface area (Å²) in [5.41, 5.74) is 0.849. The quantitative estimate of drug-likeness (QED) is 0.910. The molecule has 0 aromatic heterocycles. The third kappa shape index (κ3) is 3.22. The first kappa shape index (κ1) is 17.4. The van der Waals surface area contributed by atoms with Gasteiger partial charge in [-0.1, -0.05) is 20.8 Å². The number of anilines is 1. The van der Waals surface area contributed by atoms with Crippen LogP contribution in [0.2, 0.25) is 0 Å². The molecule has 1 saturated carbocycles. The van der Waals surface area contributed by atoms with Crippen molar-refractivity contribution in [2.45, 2.75) is 57.9 Å². The van der Waals surface area contributed by atoms with Gasteiger partial charge in [0.25, 0.3) is 0 Å². The van der Waals surface area contributed by atoms with Crippen molar-refractivity contribution in [1.29, 1.82) is 0 Å². The molecule has 132 valence electrons. The van der Waals surface area contributed by atoms with Crippen LogP contribution in [0.15, 0.2) is 29.2 Å². The van der Waals surface area contributed by atoms with E-state index >= 15 is 0 Å². The molecular weight excluding hydrogens is 324 g/mol. The largest absolute Gasteiger partial charge is 0.326 e. The number of carbonyl (C=O) groups is 1. The zero-order chi connectivity index (χ0) is 17.8. The standard InChI is InChI=1S/C18H26N2O3S/c1-13(21)19-14-5-7-16(8-6-14)24(22,23)20-12-18(4)10-15(20)9-17(2,3)11-18/h5-8,15H,9-12H2,1-4H3,(H,19,21)/t15-,18+/m0/s1. The zero-order valence-corrected chi connectivity index (χ0v) is 15.6. The van der Waals surface area contributed by atoms with Gasteiger partial charge < -0.3 is 5.32 Å². The van der Waals surface area contributed by atoms with Crippen LogP contribution in [0.25, 0.3) is 0 Å². The van der Waals surface area contributed by atoms with Crippen LogP contribution in [0, 0.1) is 10.8 Å². The van der Waals surface area contributed by atoms with Gasteiger partial charge in [0.05, 0.1) is 4.90 Å². The summed E-state index contributed by atoms with van der Waals surface area (Å²) in [5.74, 6) is -0.172. The molecule has 0 unspecified atom stereocenters. The van der Waals surface area contributed by atoms with Crippen LogP contribution in [-0.4, -0.2) is 31.2 Å². The molecule has 1 aromatic carbocycles. The van der Waals surface area contributed by atoms with Crippen LogP contribution < -0.4 is 5.32 Å². The van der Waals surface area contributed by atoms with Crippen molar-refractivity contribution in [3.63, 3.8) is 0 Å². The number of fused-ring (bicyclic) bond motifs is 2. The molecule has 2 aliphatic rings. The van der Waals surface area contributed by atoms with Crippen molar-refractivity contribution in [1.82, 2.24) is 4.31 Å². The monoisotopic (exact) mass is 350 g/mol. The van der Waals surface area contributed by atoms with Crippen LogP contribution in [0.4, 0.5) is 5.69 Å². The second-order valence-electron chi connectivity index (χ2n) is 8.47. The molecule has 1 aliphatic heterocycles. The lowest BCUT2D eigenvalue weighted by Crippen LogP contribution is -2.37. The van der Waals surface area contributed by atoms with E-state index in [1.165, 1.54) is 6.92 Å². The van der Waals surface area contributed by atoms with Crippen LogP contribution >= 0.6 is 0 Å². The molecule has 6 heteroatoms. The van der Waals surface area contributed by atoms with E-state index in [9.17, 15) is 13.2 Å². The minimum Gasteiger partial charge on any atom is -0.326 e. The fourth-order valence-corrected chi connectivity index (χ4v) is 6.51. The summed E-state index contributed by atoms with van der Waals surface area (Å²) in [5, 5.41) is 2.66. The molecule has 2 bridgehead atoms. The number of hydrogen-bond donors (Lipinski definition) is 1. The van der Waals surface area contributed by atoms with Gasteiger partial charge in [0.2, 0.25) is 15.9 Å². The first-order valence-electron chi connectivity index (χ1n) is 8.40. The molecule has 0 radical (unpaired) electrons. The number of benzene rings is 1. The average molecular weight is 350 g/mol. The summed E-state index contributed by atoms with van der Waals surface area (Å²) in [6, 6.07) is 6.52. The smallest absolute Gasteiger partial charge is 0.243 e. The first-order valence-corrected chi connectivity index (χ1v) is 9.84. The van der Waals surface area contributed by atoms with Crippen LogP contribution in [0.5, 0.6) is 0 Å². The van der Waals surface area contributed by atoms with Gasteiger partial charge in [-0.15, -0.1) is 0 Å². The van der Waals surface area contributed by atoms with Gasteiger partial charge in [0.15, 0.2) is 0 Å². The van der Waals surface area contributed by atoms with Gasteiger partial charge in [-0.3, -0.25) is 4.79 Å². The second kappa shape index (κ2) is 5.56. The van der Waals surface area contributed by atoms with Gasteiger partial charge in [-0.25, -0.2) is 8.42 Å².